The van der Waals surface area contributed by atoms with Gasteiger partial charge in [-0.15, -0.1) is 0 Å². The van der Waals surface area contributed by atoms with Crippen molar-refractivity contribution in [1.82, 2.24) is 15.1 Å². The average molecular weight is 349 g/mol. The molecule has 2 aromatic carbocycles. The predicted molar refractivity (Wildman–Crippen MR) is 98.1 cm³/mol. The van der Waals surface area contributed by atoms with E-state index in [0.29, 0.717) is 5.56 Å². The lowest BCUT2D eigenvalue weighted by atomic mass is 9.94. The zero-order chi connectivity index (χ0) is 17.9. The van der Waals surface area contributed by atoms with Crippen LogP contribution in [0.5, 0.6) is 0 Å². The summed E-state index contributed by atoms with van der Waals surface area (Å²) >= 11 is 0. The SMILES string of the molecule is O=C(c1ccc(-c2ccn[nH]2)cc1)N1CCCCC1c1ccc(F)cc1. The Kier molecular flexibility index (Phi) is 4.52. The summed E-state index contributed by atoms with van der Waals surface area (Å²) in [5.41, 5.74) is 3.58. The van der Waals surface area contributed by atoms with Gasteiger partial charge in [0.15, 0.2) is 0 Å². The van der Waals surface area contributed by atoms with E-state index in [9.17, 15) is 9.18 Å². The number of carbonyl (C=O) groups excluding carboxylic acids is 1. The van der Waals surface area contributed by atoms with E-state index in [4.69, 9.17) is 0 Å². The quantitative estimate of drug-likeness (QED) is 0.752. The fourth-order valence-electron chi connectivity index (χ4n) is 3.58. The molecule has 0 radical (unpaired) electrons. The van der Waals surface area contributed by atoms with Crippen LogP contribution in [0.4, 0.5) is 4.39 Å². The summed E-state index contributed by atoms with van der Waals surface area (Å²) in [5, 5.41) is 6.87. The number of hydrogen-bond acceptors (Lipinski definition) is 2. The molecule has 2 heterocycles. The van der Waals surface area contributed by atoms with Crippen molar-refractivity contribution in [3.63, 3.8) is 0 Å². The first-order valence-corrected chi connectivity index (χ1v) is 8.88. The molecule has 0 aliphatic carbocycles. The molecule has 1 aliphatic heterocycles. The largest absolute Gasteiger partial charge is 0.332 e. The van der Waals surface area contributed by atoms with Crippen LogP contribution in [0.15, 0.2) is 60.8 Å². The van der Waals surface area contributed by atoms with Crippen molar-refractivity contribution in [2.24, 2.45) is 0 Å². The van der Waals surface area contributed by atoms with E-state index >= 15 is 0 Å². The molecule has 1 amide bonds. The Bertz CT molecular complexity index is 873. The monoisotopic (exact) mass is 349 g/mol. The Morgan fingerprint density at radius 1 is 1.04 bits per heavy atom. The standard InChI is InChI=1S/C21H20FN3O/c22-18-10-8-16(9-11-18)20-3-1-2-14-25(20)21(26)17-6-4-15(5-7-17)19-12-13-23-24-19/h4-13,20H,1-3,14H2,(H,23,24). The summed E-state index contributed by atoms with van der Waals surface area (Å²) in [6, 6.07) is 16.0. The van der Waals surface area contributed by atoms with Crippen molar-refractivity contribution in [2.75, 3.05) is 6.54 Å². The number of piperidine rings is 1. The topological polar surface area (TPSA) is 49.0 Å². The molecule has 1 aliphatic rings. The molecule has 1 saturated heterocycles. The summed E-state index contributed by atoms with van der Waals surface area (Å²) < 4.78 is 13.2. The fraction of sp³-hybridized carbons (Fsp3) is 0.238. The fourth-order valence-corrected chi connectivity index (χ4v) is 3.58. The Hall–Kier alpha value is -2.95. The van der Waals surface area contributed by atoms with Crippen LogP contribution in [0, 0.1) is 5.82 Å². The molecule has 1 N–H and O–H groups in total. The second-order valence-electron chi connectivity index (χ2n) is 6.61. The zero-order valence-electron chi connectivity index (χ0n) is 14.4. The number of H-pyrrole nitrogens is 1. The number of nitrogens with one attached hydrogen (secondary N) is 1. The normalized spacial score (nSPS) is 17.3. The van der Waals surface area contributed by atoms with Gasteiger partial charge in [-0.05, 0) is 60.7 Å². The van der Waals surface area contributed by atoms with Crippen molar-refractivity contribution in [2.45, 2.75) is 25.3 Å². The van der Waals surface area contributed by atoms with Crippen molar-refractivity contribution >= 4 is 5.91 Å². The molecule has 0 spiro atoms. The molecule has 5 heteroatoms. The van der Waals surface area contributed by atoms with Crippen molar-refractivity contribution < 1.29 is 9.18 Å². The minimum atomic E-state index is -0.253. The molecule has 1 fully saturated rings. The highest BCUT2D eigenvalue weighted by Gasteiger charge is 2.28. The number of aromatic amines is 1. The van der Waals surface area contributed by atoms with E-state index in [2.05, 4.69) is 10.2 Å². The third kappa shape index (κ3) is 3.25. The first-order chi connectivity index (χ1) is 12.7. The van der Waals surface area contributed by atoms with E-state index in [1.807, 2.05) is 35.2 Å². The van der Waals surface area contributed by atoms with Gasteiger partial charge in [-0.25, -0.2) is 4.39 Å². The summed E-state index contributed by atoms with van der Waals surface area (Å²) in [5.74, 6) is -0.230. The zero-order valence-corrected chi connectivity index (χ0v) is 14.4. The Morgan fingerprint density at radius 3 is 2.50 bits per heavy atom. The Labute approximate surface area is 151 Å². The first kappa shape index (κ1) is 16.5. The lowest BCUT2D eigenvalue weighted by Crippen LogP contribution is -2.38. The molecule has 4 nitrogen and oxygen atoms in total. The van der Waals surface area contributed by atoms with Gasteiger partial charge in [-0.2, -0.15) is 5.10 Å². The number of benzene rings is 2. The smallest absolute Gasteiger partial charge is 0.254 e. The third-order valence-electron chi connectivity index (χ3n) is 4.96. The van der Waals surface area contributed by atoms with Crippen LogP contribution in [0.3, 0.4) is 0 Å². The van der Waals surface area contributed by atoms with Gasteiger partial charge in [0.25, 0.3) is 5.91 Å². The van der Waals surface area contributed by atoms with Crippen LogP contribution >= 0.6 is 0 Å². The van der Waals surface area contributed by atoms with Gasteiger partial charge in [-0.3, -0.25) is 9.89 Å². The number of halogens is 1. The van der Waals surface area contributed by atoms with E-state index in [1.54, 1.807) is 18.3 Å². The summed E-state index contributed by atoms with van der Waals surface area (Å²) in [7, 11) is 0. The van der Waals surface area contributed by atoms with Crippen LogP contribution in [-0.4, -0.2) is 27.5 Å². The molecular formula is C21H20FN3O. The molecule has 1 unspecified atom stereocenters. The first-order valence-electron chi connectivity index (χ1n) is 8.88. The highest BCUT2D eigenvalue weighted by Crippen LogP contribution is 2.32. The number of hydrogen-bond donors (Lipinski definition) is 1. The second-order valence-corrected chi connectivity index (χ2v) is 6.61. The average Bonchev–Trinajstić information content (AvgIpc) is 3.23. The van der Waals surface area contributed by atoms with Gasteiger partial charge in [0.2, 0.25) is 0 Å². The summed E-state index contributed by atoms with van der Waals surface area (Å²) in [6.45, 7) is 0.725. The molecule has 26 heavy (non-hydrogen) atoms. The summed E-state index contributed by atoms with van der Waals surface area (Å²) in [4.78, 5) is 15.0. The number of rotatable bonds is 3. The maximum atomic E-state index is 13.2. The van der Waals surface area contributed by atoms with Crippen molar-refractivity contribution in [3.8, 4) is 11.3 Å². The molecule has 132 valence electrons. The molecular weight excluding hydrogens is 329 g/mol. The predicted octanol–water partition coefficient (Wildman–Crippen LogP) is 4.58. The minimum Gasteiger partial charge on any atom is -0.332 e. The van der Waals surface area contributed by atoms with Gasteiger partial charge in [0.1, 0.15) is 5.82 Å². The highest BCUT2D eigenvalue weighted by atomic mass is 19.1. The van der Waals surface area contributed by atoms with E-state index < -0.39 is 0 Å². The lowest BCUT2D eigenvalue weighted by molar-refractivity contribution is 0.0611. The number of aromatic nitrogens is 2. The van der Waals surface area contributed by atoms with Crippen molar-refractivity contribution in [1.29, 1.82) is 0 Å². The van der Waals surface area contributed by atoms with Crippen LogP contribution < -0.4 is 0 Å². The van der Waals surface area contributed by atoms with E-state index in [0.717, 1.165) is 42.6 Å². The van der Waals surface area contributed by atoms with Gasteiger partial charge in [0.05, 0.1) is 11.7 Å². The highest BCUT2D eigenvalue weighted by molar-refractivity contribution is 5.95. The summed E-state index contributed by atoms with van der Waals surface area (Å²) in [6.07, 6.45) is 4.68. The Balaban J connectivity index is 1.58. The van der Waals surface area contributed by atoms with E-state index in [1.165, 1.54) is 12.1 Å². The maximum absolute atomic E-state index is 13.2. The molecule has 0 bridgehead atoms. The number of amides is 1. The van der Waals surface area contributed by atoms with Crippen molar-refractivity contribution in [3.05, 3.63) is 77.7 Å². The molecule has 4 rings (SSSR count). The number of carbonyl (C=O) groups is 1. The molecule has 1 aromatic heterocycles. The van der Waals surface area contributed by atoms with Crippen LogP contribution in [0.25, 0.3) is 11.3 Å². The third-order valence-corrected chi connectivity index (χ3v) is 4.96. The molecule has 3 aromatic rings. The van der Waals surface area contributed by atoms with Crippen LogP contribution in [0.1, 0.15) is 41.2 Å². The minimum absolute atomic E-state index is 0.00383. The lowest BCUT2D eigenvalue weighted by Gasteiger charge is -2.36. The maximum Gasteiger partial charge on any atom is 0.254 e. The van der Waals surface area contributed by atoms with Gasteiger partial charge in [-0.1, -0.05) is 24.3 Å². The Morgan fingerprint density at radius 2 is 1.81 bits per heavy atom. The number of likely N-dealkylation sites (tertiary alicyclic amines) is 1. The van der Waals surface area contributed by atoms with Gasteiger partial charge >= 0.3 is 0 Å². The van der Waals surface area contributed by atoms with Crippen LogP contribution in [0.2, 0.25) is 0 Å². The second kappa shape index (κ2) is 7.12. The van der Waals surface area contributed by atoms with Crippen LogP contribution in [-0.2, 0) is 0 Å². The molecule has 0 saturated carbocycles. The van der Waals surface area contributed by atoms with E-state index in [-0.39, 0.29) is 17.8 Å². The molecule has 1 atom stereocenters. The van der Waals surface area contributed by atoms with Gasteiger partial charge < -0.3 is 4.90 Å². The van der Waals surface area contributed by atoms with Gasteiger partial charge in [0, 0.05) is 18.3 Å². The number of nitrogens with zero attached hydrogens (tertiary/aromatic N) is 2.